The SMILES string of the molecule is O=C(C1CC1)N1CCCCC[C@H]1C1CCN(Cc2nnnn2-c2ccccc2)CC1. The van der Waals surface area contributed by atoms with Crippen molar-refractivity contribution in [2.24, 2.45) is 11.8 Å². The maximum Gasteiger partial charge on any atom is 0.225 e. The molecule has 1 saturated carbocycles. The third-order valence-electron chi connectivity index (χ3n) is 7.09. The highest BCUT2D eigenvalue weighted by Crippen LogP contribution is 2.36. The monoisotopic (exact) mass is 408 g/mol. The zero-order chi connectivity index (χ0) is 20.3. The summed E-state index contributed by atoms with van der Waals surface area (Å²) < 4.78 is 1.84. The summed E-state index contributed by atoms with van der Waals surface area (Å²) in [6.07, 6.45) is 9.44. The van der Waals surface area contributed by atoms with Crippen molar-refractivity contribution >= 4 is 5.91 Å². The highest BCUT2D eigenvalue weighted by molar-refractivity contribution is 5.81. The Kier molecular flexibility index (Phi) is 5.79. The van der Waals surface area contributed by atoms with Crippen LogP contribution in [0.25, 0.3) is 5.69 Å². The number of carbonyl (C=O) groups is 1. The summed E-state index contributed by atoms with van der Waals surface area (Å²) in [5.41, 5.74) is 1.00. The average Bonchev–Trinajstić information content (AvgIpc) is 3.58. The Hall–Kier alpha value is -2.28. The molecule has 2 aliphatic heterocycles. The van der Waals surface area contributed by atoms with Crippen molar-refractivity contribution in [3.63, 3.8) is 0 Å². The number of tetrazole rings is 1. The molecule has 2 saturated heterocycles. The highest BCUT2D eigenvalue weighted by atomic mass is 16.2. The molecule has 1 aliphatic carbocycles. The summed E-state index contributed by atoms with van der Waals surface area (Å²) in [6, 6.07) is 10.5. The molecular weight excluding hydrogens is 376 g/mol. The van der Waals surface area contributed by atoms with Crippen molar-refractivity contribution in [2.75, 3.05) is 19.6 Å². The molecule has 0 unspecified atom stereocenters. The average molecular weight is 409 g/mol. The van der Waals surface area contributed by atoms with Gasteiger partial charge in [0.1, 0.15) is 0 Å². The molecule has 0 N–H and O–H groups in total. The molecule has 1 aromatic carbocycles. The molecule has 0 radical (unpaired) electrons. The molecule has 160 valence electrons. The topological polar surface area (TPSA) is 67.2 Å². The lowest BCUT2D eigenvalue weighted by Crippen LogP contribution is -2.48. The van der Waals surface area contributed by atoms with Gasteiger partial charge in [0.25, 0.3) is 0 Å². The third-order valence-corrected chi connectivity index (χ3v) is 7.09. The van der Waals surface area contributed by atoms with Crippen LogP contribution in [0.15, 0.2) is 30.3 Å². The lowest BCUT2D eigenvalue weighted by Gasteiger charge is -2.40. The summed E-state index contributed by atoms with van der Waals surface area (Å²) in [5, 5.41) is 12.4. The smallest absolute Gasteiger partial charge is 0.225 e. The number of para-hydroxylation sites is 1. The fourth-order valence-corrected chi connectivity index (χ4v) is 5.23. The second-order valence-corrected chi connectivity index (χ2v) is 9.18. The van der Waals surface area contributed by atoms with Crippen LogP contribution in [0.4, 0.5) is 0 Å². The Labute approximate surface area is 178 Å². The molecule has 2 aromatic rings. The largest absolute Gasteiger partial charge is 0.339 e. The molecule has 3 fully saturated rings. The first-order valence-corrected chi connectivity index (χ1v) is 11.6. The lowest BCUT2D eigenvalue weighted by molar-refractivity contribution is -0.136. The molecule has 0 bridgehead atoms. The molecule has 3 aliphatic rings. The van der Waals surface area contributed by atoms with Crippen LogP contribution < -0.4 is 0 Å². The quantitative estimate of drug-likeness (QED) is 0.761. The van der Waals surface area contributed by atoms with Crippen LogP contribution in [0.3, 0.4) is 0 Å². The minimum Gasteiger partial charge on any atom is -0.339 e. The van der Waals surface area contributed by atoms with Gasteiger partial charge in [-0.25, -0.2) is 0 Å². The van der Waals surface area contributed by atoms with Gasteiger partial charge < -0.3 is 4.90 Å². The number of likely N-dealkylation sites (tertiary alicyclic amines) is 2. The molecule has 7 nitrogen and oxygen atoms in total. The van der Waals surface area contributed by atoms with Gasteiger partial charge in [-0.15, -0.1) is 5.10 Å². The van der Waals surface area contributed by atoms with Gasteiger partial charge in [-0.2, -0.15) is 4.68 Å². The Balaban J connectivity index is 1.21. The number of amides is 1. The van der Waals surface area contributed by atoms with E-state index in [0.717, 1.165) is 63.4 Å². The van der Waals surface area contributed by atoms with E-state index in [1.54, 1.807) is 0 Å². The van der Waals surface area contributed by atoms with E-state index in [1.165, 1.54) is 25.7 Å². The summed E-state index contributed by atoms with van der Waals surface area (Å²) in [4.78, 5) is 17.7. The second kappa shape index (κ2) is 8.84. The number of nitrogens with zero attached hydrogens (tertiary/aromatic N) is 6. The number of benzene rings is 1. The number of hydrogen-bond acceptors (Lipinski definition) is 5. The molecule has 1 amide bonds. The van der Waals surface area contributed by atoms with Gasteiger partial charge in [-0.3, -0.25) is 9.69 Å². The van der Waals surface area contributed by atoms with Gasteiger partial charge in [0.15, 0.2) is 5.82 Å². The number of carbonyl (C=O) groups excluding carboxylic acids is 1. The van der Waals surface area contributed by atoms with Crippen LogP contribution in [-0.2, 0) is 11.3 Å². The summed E-state index contributed by atoms with van der Waals surface area (Å²) in [5.74, 6) is 2.31. The Morgan fingerprint density at radius 2 is 1.73 bits per heavy atom. The Morgan fingerprint density at radius 1 is 0.933 bits per heavy atom. The van der Waals surface area contributed by atoms with Crippen LogP contribution in [0.5, 0.6) is 0 Å². The van der Waals surface area contributed by atoms with Crippen LogP contribution >= 0.6 is 0 Å². The van der Waals surface area contributed by atoms with E-state index < -0.39 is 0 Å². The van der Waals surface area contributed by atoms with Crippen molar-refractivity contribution in [1.82, 2.24) is 30.0 Å². The van der Waals surface area contributed by atoms with Crippen molar-refractivity contribution in [3.8, 4) is 5.69 Å². The maximum absolute atomic E-state index is 12.9. The van der Waals surface area contributed by atoms with E-state index in [9.17, 15) is 4.79 Å². The Bertz CT molecular complexity index is 840. The van der Waals surface area contributed by atoms with Crippen molar-refractivity contribution in [2.45, 2.75) is 64.0 Å². The predicted octanol–water partition coefficient (Wildman–Crippen LogP) is 3.06. The van der Waals surface area contributed by atoms with Gasteiger partial charge >= 0.3 is 0 Å². The summed E-state index contributed by atoms with van der Waals surface area (Å²) >= 11 is 0. The lowest BCUT2D eigenvalue weighted by atomic mass is 9.86. The van der Waals surface area contributed by atoms with Crippen LogP contribution in [0.2, 0.25) is 0 Å². The zero-order valence-electron chi connectivity index (χ0n) is 17.7. The van der Waals surface area contributed by atoms with Crippen LogP contribution in [-0.4, -0.2) is 61.6 Å². The van der Waals surface area contributed by atoms with Gasteiger partial charge in [0.05, 0.1) is 12.2 Å². The minimum absolute atomic E-state index is 0.336. The van der Waals surface area contributed by atoms with E-state index >= 15 is 0 Å². The van der Waals surface area contributed by atoms with E-state index in [2.05, 4.69) is 25.3 Å². The van der Waals surface area contributed by atoms with Gasteiger partial charge in [-0.1, -0.05) is 31.0 Å². The second-order valence-electron chi connectivity index (χ2n) is 9.18. The van der Waals surface area contributed by atoms with E-state index in [-0.39, 0.29) is 0 Å². The first-order chi connectivity index (χ1) is 14.8. The maximum atomic E-state index is 12.9. The number of hydrogen-bond donors (Lipinski definition) is 0. The van der Waals surface area contributed by atoms with Gasteiger partial charge in [-0.05, 0) is 80.1 Å². The van der Waals surface area contributed by atoms with E-state index in [4.69, 9.17) is 0 Å². The number of rotatable bonds is 5. The highest BCUT2D eigenvalue weighted by Gasteiger charge is 2.39. The first kappa shape index (κ1) is 19.7. The first-order valence-electron chi connectivity index (χ1n) is 11.6. The standard InChI is InChI=1S/C23H32N6O/c30-23(19-10-11-19)28-14-6-2-5-9-21(28)18-12-15-27(16-13-18)17-22-24-25-26-29(22)20-7-3-1-4-8-20/h1,3-4,7-8,18-19,21H,2,5-6,9-17H2/t21-/m0/s1. The van der Waals surface area contributed by atoms with Crippen molar-refractivity contribution < 1.29 is 4.79 Å². The van der Waals surface area contributed by atoms with Gasteiger partial charge in [0.2, 0.25) is 5.91 Å². The van der Waals surface area contributed by atoms with Crippen molar-refractivity contribution in [1.29, 1.82) is 0 Å². The van der Waals surface area contributed by atoms with Gasteiger partial charge in [0, 0.05) is 18.5 Å². The van der Waals surface area contributed by atoms with Crippen LogP contribution in [0.1, 0.15) is 57.2 Å². The summed E-state index contributed by atoms with van der Waals surface area (Å²) in [7, 11) is 0. The molecule has 1 atom stereocenters. The predicted molar refractivity (Wildman–Crippen MR) is 114 cm³/mol. The zero-order valence-corrected chi connectivity index (χ0v) is 17.7. The van der Waals surface area contributed by atoms with Crippen molar-refractivity contribution in [3.05, 3.63) is 36.2 Å². The molecule has 30 heavy (non-hydrogen) atoms. The molecular formula is C23H32N6O. The summed E-state index contributed by atoms with van der Waals surface area (Å²) in [6.45, 7) is 3.85. The molecule has 3 heterocycles. The fraction of sp³-hybridized carbons (Fsp3) is 0.652. The number of piperidine rings is 1. The number of aromatic nitrogens is 4. The fourth-order valence-electron chi connectivity index (χ4n) is 5.23. The van der Waals surface area contributed by atoms with E-state index in [1.807, 2.05) is 35.0 Å². The van der Waals surface area contributed by atoms with Crippen LogP contribution in [0, 0.1) is 11.8 Å². The third kappa shape index (κ3) is 4.26. The molecule has 1 aromatic heterocycles. The Morgan fingerprint density at radius 3 is 2.50 bits per heavy atom. The van der Waals surface area contributed by atoms with E-state index in [0.29, 0.717) is 23.8 Å². The molecule has 5 rings (SSSR count). The minimum atomic E-state index is 0.336. The molecule has 7 heteroatoms. The normalized spacial score (nSPS) is 24.0. The molecule has 0 spiro atoms.